The molecule has 0 bridgehead atoms. The van der Waals surface area contributed by atoms with E-state index in [4.69, 9.17) is 13.5 Å². The zero-order valence-corrected chi connectivity index (χ0v) is 40.4. The molecule has 0 saturated carbocycles. The summed E-state index contributed by atoms with van der Waals surface area (Å²) < 4.78 is 32.3. The molecule has 10 rings (SSSR count). The van der Waals surface area contributed by atoms with E-state index >= 15 is 0 Å². The second kappa shape index (κ2) is 16.9. The summed E-state index contributed by atoms with van der Waals surface area (Å²) in [5.41, 5.74) is 12.0. The first-order chi connectivity index (χ1) is 30.1. The Morgan fingerprint density at radius 1 is 0.672 bits per heavy atom. The van der Waals surface area contributed by atoms with Crippen LogP contribution in [0.25, 0.3) is 82.8 Å². The Morgan fingerprint density at radius 2 is 1.36 bits per heavy atom. The van der Waals surface area contributed by atoms with Crippen LogP contribution in [-0.4, -0.2) is 27.8 Å². The first-order valence-corrected chi connectivity index (χ1v) is 28.2. The van der Waals surface area contributed by atoms with Crippen LogP contribution in [0.3, 0.4) is 0 Å². The summed E-state index contributed by atoms with van der Waals surface area (Å²) in [4.78, 5) is 9.72. The van der Waals surface area contributed by atoms with E-state index in [0.717, 1.165) is 61.0 Å². The molecule has 0 saturated heterocycles. The van der Waals surface area contributed by atoms with Gasteiger partial charge in [-0.2, -0.15) is 0 Å². The van der Waals surface area contributed by atoms with Crippen LogP contribution in [0.1, 0.15) is 65.9 Å². The maximum Gasteiger partial charge on any atom is 0 e. The van der Waals surface area contributed by atoms with Crippen molar-refractivity contribution in [2.45, 2.75) is 70.6 Å². The minimum Gasteiger partial charge on any atom is 0 e. The molecule has 4 nitrogen and oxygen atoms in total. The molecule has 0 aliphatic rings. The first kappa shape index (κ1) is 38.6. The second-order valence-electron chi connectivity index (χ2n) is 17.6. The molecule has 0 aliphatic carbocycles. The third-order valence-electron chi connectivity index (χ3n) is 11.6. The number of hydrogen-bond donors (Lipinski definition) is 0. The summed E-state index contributed by atoms with van der Waals surface area (Å²) in [7, 11) is 0. The quantitative estimate of drug-likeness (QED) is 0.0947. The summed E-state index contributed by atoms with van der Waals surface area (Å²) in [5, 5.41) is 6.99. The molecule has 3 heterocycles. The van der Waals surface area contributed by atoms with Gasteiger partial charge in [0.2, 0.25) is 0 Å². The van der Waals surface area contributed by atoms with Crippen LogP contribution in [0.2, 0.25) is 17.3 Å². The van der Waals surface area contributed by atoms with Crippen LogP contribution in [0.4, 0.5) is 0 Å². The fourth-order valence-corrected chi connectivity index (χ4v) is 10.6. The Bertz CT molecular complexity index is 3240. The van der Waals surface area contributed by atoms with Gasteiger partial charge in [0.15, 0.2) is 0 Å². The van der Waals surface area contributed by atoms with Crippen LogP contribution in [0.15, 0.2) is 138 Å². The molecule has 61 heavy (non-hydrogen) atoms. The molecule has 1 radical (unpaired) electrons. The molecule has 10 aromatic rings. The molecule has 0 amide bonds. The number of benzene rings is 7. The van der Waals surface area contributed by atoms with Crippen LogP contribution in [-0.2, 0) is 20.1 Å². The van der Waals surface area contributed by atoms with E-state index in [0.29, 0.717) is 17.4 Å². The maximum absolute atomic E-state index is 7.35. The van der Waals surface area contributed by atoms with Crippen LogP contribution in [0, 0.1) is 25.9 Å². The van der Waals surface area contributed by atoms with Gasteiger partial charge in [0.25, 0.3) is 0 Å². The zero-order chi connectivity index (χ0) is 44.4. The number of fused-ring (bicyclic) bond motifs is 8. The van der Waals surface area contributed by atoms with Gasteiger partial charge in [-0.1, -0.05) is 111 Å². The van der Waals surface area contributed by atoms with Crippen LogP contribution in [0.5, 0.6) is 0 Å². The topological polar surface area (TPSA) is 43.9 Å². The van der Waals surface area contributed by atoms with E-state index in [2.05, 4.69) is 171 Å². The largest absolute Gasteiger partial charge is 0 e. The average Bonchev–Trinajstić information content (AvgIpc) is 3.84. The number of furan rings is 1. The molecular formula is C55H51GeIrN3O-2. The third-order valence-corrected chi connectivity index (χ3v) is 15.8. The predicted octanol–water partition coefficient (Wildman–Crippen LogP) is 14.7. The van der Waals surface area contributed by atoms with Crippen LogP contribution >= 0.6 is 0 Å². The van der Waals surface area contributed by atoms with Crippen molar-refractivity contribution in [1.29, 1.82) is 0 Å². The first-order valence-electron chi connectivity index (χ1n) is 22.4. The van der Waals surface area contributed by atoms with E-state index < -0.39 is 20.1 Å². The third kappa shape index (κ3) is 8.00. The number of para-hydroxylation sites is 2. The Hall–Kier alpha value is -5.33. The van der Waals surface area contributed by atoms with E-state index in [1.165, 1.54) is 49.0 Å². The van der Waals surface area contributed by atoms with Crippen molar-refractivity contribution in [3.63, 3.8) is 0 Å². The predicted molar refractivity (Wildman–Crippen MR) is 257 cm³/mol. The Kier molecular flexibility index (Phi) is 10.7. The van der Waals surface area contributed by atoms with Crippen molar-refractivity contribution in [3.8, 4) is 28.3 Å². The maximum atomic E-state index is 7.35. The van der Waals surface area contributed by atoms with Gasteiger partial charge in [0.05, 0.1) is 22.4 Å². The van der Waals surface area contributed by atoms with Gasteiger partial charge in [-0.25, -0.2) is 0 Å². The molecule has 307 valence electrons. The normalized spacial score (nSPS) is 12.8. The van der Waals surface area contributed by atoms with Gasteiger partial charge in [-0.05, 0) is 58.2 Å². The second-order valence-corrected chi connectivity index (χ2v) is 28.2. The molecule has 3 aromatic heterocycles. The van der Waals surface area contributed by atoms with Crippen molar-refractivity contribution < 1.29 is 28.6 Å². The van der Waals surface area contributed by atoms with Crippen molar-refractivity contribution in [2.75, 3.05) is 0 Å². The summed E-state index contributed by atoms with van der Waals surface area (Å²) in [5.74, 6) is 8.59. The van der Waals surface area contributed by atoms with Gasteiger partial charge < -0.3 is 8.98 Å². The van der Waals surface area contributed by atoms with Gasteiger partial charge in [0, 0.05) is 36.6 Å². The summed E-state index contributed by atoms with van der Waals surface area (Å²) in [6, 6.07) is 50.3. The van der Waals surface area contributed by atoms with Crippen molar-refractivity contribution in [3.05, 3.63) is 168 Å². The van der Waals surface area contributed by atoms with E-state index in [9.17, 15) is 0 Å². The molecule has 0 atom stereocenters. The van der Waals surface area contributed by atoms with E-state index in [1.807, 2.05) is 18.3 Å². The van der Waals surface area contributed by atoms with Gasteiger partial charge in [-0.3, -0.25) is 4.98 Å². The number of aryl methyl sites for hydroxylation is 2. The smallest absolute Gasteiger partial charge is 0 e. The van der Waals surface area contributed by atoms with Gasteiger partial charge in [0.1, 0.15) is 5.58 Å². The molecule has 0 unspecified atom stereocenters. The number of pyridine rings is 1. The molecule has 0 spiro atoms. The summed E-state index contributed by atoms with van der Waals surface area (Å²) in [6.07, 6.45) is 1.95. The average molecular weight is 1040 g/mol. The Labute approximate surface area is 380 Å². The molecule has 0 aliphatic heterocycles. The van der Waals surface area contributed by atoms with Crippen LogP contribution < -0.4 is 4.40 Å². The van der Waals surface area contributed by atoms with E-state index in [1.54, 1.807) is 12.1 Å². The fraction of sp³-hybridized carbons (Fsp3) is 0.200. The number of imidazole rings is 1. The summed E-state index contributed by atoms with van der Waals surface area (Å²) in [6.45, 7) is 9.25. The molecule has 6 heteroatoms. The number of rotatable bonds is 6. The van der Waals surface area contributed by atoms with Crippen molar-refractivity contribution >= 4 is 72.2 Å². The Morgan fingerprint density at radius 3 is 2.05 bits per heavy atom. The van der Waals surface area contributed by atoms with Crippen molar-refractivity contribution in [1.82, 2.24) is 14.5 Å². The molecular weight excluding hydrogens is 983 g/mol. The SMILES string of the molecule is Cc1cc(C(C)C)c(-n2c(-c3[c-]cc4oc5c(ccc6c7ccccc7ccc65)c4c3)nc3ccccc32)c(C(C)C)c1.[2H]C([2H])([2H])c1c[c-]c(-c2cc[c]([Ge]([CH3])([CH3])[CH3])cn2)cc1.[Ir]. The van der Waals surface area contributed by atoms with Gasteiger partial charge >= 0.3 is 110 Å². The molecule has 0 N–H and O–H groups in total. The Balaban J connectivity index is 0.000000225. The molecule has 7 aromatic carbocycles. The van der Waals surface area contributed by atoms with Crippen molar-refractivity contribution in [2.24, 2.45) is 0 Å². The summed E-state index contributed by atoms with van der Waals surface area (Å²) >= 11 is -1.83. The monoisotopic (exact) mass is 1040 g/mol. The van der Waals surface area contributed by atoms with Gasteiger partial charge in [-0.15, -0.1) is 23.8 Å². The fourth-order valence-electron chi connectivity index (χ4n) is 8.38. The molecule has 0 fully saturated rings. The number of hydrogen-bond acceptors (Lipinski definition) is 3. The standard InChI is InChI=1S/C40H33N2O.C15H18GeN.Ir/c1-23(2)32-20-25(5)21-33(24(3)4)38(32)42-36-13-9-8-12-35(36)41-40(42)27-15-19-37-34(22-27)31-18-17-29-28-11-7-6-10-26(28)14-16-30(29)39(31)43-37;1-12-5-7-13(8-6-12)15-10-9-14(11-17-15)16(2,3)4;/h6-14,16-24H,1-5H3;5-7,9-11H,1-4H3;/q2*-1;/i;1D3;. The number of aromatic nitrogens is 3. The zero-order valence-electron chi connectivity index (χ0n) is 38.9. The minimum atomic E-state index is -2.08. The van der Waals surface area contributed by atoms with E-state index in [-0.39, 0.29) is 20.1 Å². The minimum absolute atomic E-state index is 0. The number of nitrogens with zero attached hydrogens (tertiary/aromatic N) is 3.